The molecule has 4 rings (SSSR count). The molecule has 0 unspecified atom stereocenters. The number of furan rings is 1. The Morgan fingerprint density at radius 2 is 2.04 bits per heavy atom. The summed E-state index contributed by atoms with van der Waals surface area (Å²) in [6.07, 6.45) is 2.47. The lowest BCUT2D eigenvalue weighted by molar-refractivity contribution is 0.579. The minimum atomic E-state index is 0.583. The second-order valence-corrected chi connectivity index (χ2v) is 6.36. The van der Waals surface area contributed by atoms with E-state index in [0.717, 1.165) is 39.8 Å². The molecule has 0 atom stereocenters. The molecule has 4 aromatic rings. The molecule has 0 amide bonds. The Morgan fingerprint density at radius 1 is 1.22 bits per heavy atom. The maximum Gasteiger partial charge on any atom is 0.195 e. The molecular weight excluding hydrogens is 306 g/mol. The van der Waals surface area contributed by atoms with Gasteiger partial charge in [-0.15, -0.1) is 11.3 Å². The summed E-state index contributed by atoms with van der Waals surface area (Å²) in [5.41, 5.74) is 11.4. The predicted molar refractivity (Wildman–Crippen MR) is 93.7 cm³/mol. The number of aromatic nitrogens is 2. The van der Waals surface area contributed by atoms with E-state index in [1.165, 1.54) is 5.56 Å². The van der Waals surface area contributed by atoms with Gasteiger partial charge in [0.2, 0.25) is 0 Å². The van der Waals surface area contributed by atoms with Crippen LogP contribution in [-0.4, -0.2) is 15.9 Å². The van der Waals surface area contributed by atoms with E-state index in [0.29, 0.717) is 6.54 Å². The number of aryl methyl sites for hydroxylation is 1. The van der Waals surface area contributed by atoms with Crippen LogP contribution in [0.1, 0.15) is 11.3 Å². The fourth-order valence-corrected chi connectivity index (χ4v) is 3.72. The normalized spacial score (nSPS) is 11.4. The summed E-state index contributed by atoms with van der Waals surface area (Å²) >= 11 is 1.62. The first-order chi connectivity index (χ1) is 11.3. The third-order valence-electron chi connectivity index (χ3n) is 3.94. The summed E-state index contributed by atoms with van der Waals surface area (Å²) in [6, 6.07) is 12.3. The molecule has 0 saturated heterocycles. The number of imidazole rings is 1. The lowest BCUT2D eigenvalue weighted by atomic mass is 10.1. The third kappa shape index (κ3) is 2.38. The fourth-order valence-electron chi connectivity index (χ4n) is 2.82. The molecule has 0 aliphatic carbocycles. The lowest BCUT2D eigenvalue weighted by Crippen LogP contribution is -2.06. The van der Waals surface area contributed by atoms with Gasteiger partial charge in [0.25, 0.3) is 0 Å². The van der Waals surface area contributed by atoms with Crippen LogP contribution in [0.5, 0.6) is 0 Å². The van der Waals surface area contributed by atoms with Gasteiger partial charge in [-0.2, -0.15) is 0 Å². The second-order valence-electron chi connectivity index (χ2n) is 5.53. The van der Waals surface area contributed by atoms with Crippen molar-refractivity contribution >= 4 is 16.3 Å². The van der Waals surface area contributed by atoms with Crippen molar-refractivity contribution in [3.8, 4) is 22.7 Å². The van der Waals surface area contributed by atoms with Crippen LogP contribution in [0, 0.1) is 6.92 Å². The van der Waals surface area contributed by atoms with Crippen LogP contribution in [0.2, 0.25) is 0 Å². The molecule has 116 valence electrons. The number of rotatable bonds is 4. The number of nitrogens with two attached hydrogens (primary N) is 1. The fraction of sp³-hybridized carbons (Fsp3) is 0.167. The number of thiazole rings is 1. The van der Waals surface area contributed by atoms with Crippen molar-refractivity contribution in [3.63, 3.8) is 0 Å². The summed E-state index contributed by atoms with van der Waals surface area (Å²) in [5.74, 6) is 0.849. The molecule has 0 bridgehead atoms. The van der Waals surface area contributed by atoms with Crippen molar-refractivity contribution in [2.24, 2.45) is 5.73 Å². The zero-order chi connectivity index (χ0) is 15.8. The van der Waals surface area contributed by atoms with E-state index < -0.39 is 0 Å². The van der Waals surface area contributed by atoms with Gasteiger partial charge in [0.1, 0.15) is 5.69 Å². The van der Waals surface area contributed by atoms with E-state index in [-0.39, 0.29) is 0 Å². The largest absolute Gasteiger partial charge is 0.463 e. The molecule has 0 saturated carbocycles. The van der Waals surface area contributed by atoms with Gasteiger partial charge in [-0.25, -0.2) is 4.98 Å². The van der Waals surface area contributed by atoms with Crippen molar-refractivity contribution in [2.75, 3.05) is 6.54 Å². The van der Waals surface area contributed by atoms with Crippen molar-refractivity contribution in [1.82, 2.24) is 9.38 Å². The Kier molecular flexibility index (Phi) is 3.52. The monoisotopic (exact) mass is 323 g/mol. The second kappa shape index (κ2) is 5.68. The highest BCUT2D eigenvalue weighted by molar-refractivity contribution is 7.15. The van der Waals surface area contributed by atoms with Gasteiger partial charge < -0.3 is 10.2 Å². The van der Waals surface area contributed by atoms with E-state index in [1.54, 1.807) is 17.6 Å². The topological polar surface area (TPSA) is 56.5 Å². The number of fused-ring (bicyclic) bond motifs is 1. The Morgan fingerprint density at radius 3 is 2.74 bits per heavy atom. The predicted octanol–water partition coefficient (Wildman–Crippen LogP) is 4.13. The molecule has 3 aromatic heterocycles. The summed E-state index contributed by atoms with van der Waals surface area (Å²) in [7, 11) is 0. The lowest BCUT2D eigenvalue weighted by Gasteiger charge is -2.05. The smallest absolute Gasteiger partial charge is 0.195 e. The molecular formula is C18H17N3OS. The Labute approximate surface area is 138 Å². The molecule has 3 heterocycles. The average molecular weight is 323 g/mol. The van der Waals surface area contributed by atoms with Gasteiger partial charge >= 0.3 is 0 Å². The first-order valence-electron chi connectivity index (χ1n) is 7.57. The van der Waals surface area contributed by atoms with E-state index in [1.807, 2.05) is 12.1 Å². The first-order valence-corrected chi connectivity index (χ1v) is 8.45. The molecule has 5 heteroatoms. The van der Waals surface area contributed by atoms with Crippen LogP contribution in [0.15, 0.2) is 52.5 Å². The Hall–Kier alpha value is -2.37. The summed E-state index contributed by atoms with van der Waals surface area (Å²) < 4.78 is 7.75. The minimum Gasteiger partial charge on any atom is -0.463 e. The SMILES string of the molecule is Cc1ccc(-c2nc3scc(-c4ccco4)n3c2CCN)cc1. The molecule has 0 aliphatic heterocycles. The van der Waals surface area contributed by atoms with Gasteiger partial charge in [0.05, 0.1) is 17.7 Å². The number of benzene rings is 1. The number of nitrogens with zero attached hydrogens (tertiary/aromatic N) is 2. The van der Waals surface area contributed by atoms with Crippen molar-refractivity contribution in [1.29, 1.82) is 0 Å². The summed E-state index contributed by atoms with van der Waals surface area (Å²) in [6.45, 7) is 2.67. The van der Waals surface area contributed by atoms with Crippen LogP contribution >= 0.6 is 11.3 Å². The first kappa shape index (κ1) is 14.2. The molecule has 23 heavy (non-hydrogen) atoms. The standard InChI is InChI=1S/C18H17N3OS/c1-12-4-6-13(7-5-12)17-14(8-9-19)21-15(11-23-18(21)20-17)16-3-2-10-22-16/h2-7,10-11H,8-9,19H2,1H3. The quantitative estimate of drug-likeness (QED) is 0.614. The maximum absolute atomic E-state index is 5.86. The number of hydrogen-bond acceptors (Lipinski definition) is 4. The summed E-state index contributed by atoms with van der Waals surface area (Å²) in [5, 5.41) is 2.08. The molecule has 2 N–H and O–H groups in total. The van der Waals surface area contributed by atoms with Crippen LogP contribution in [0.4, 0.5) is 0 Å². The van der Waals surface area contributed by atoms with Gasteiger partial charge in [-0.05, 0) is 25.6 Å². The molecule has 0 radical (unpaired) electrons. The van der Waals surface area contributed by atoms with Gasteiger partial charge in [-0.1, -0.05) is 29.8 Å². The zero-order valence-electron chi connectivity index (χ0n) is 12.8. The zero-order valence-corrected chi connectivity index (χ0v) is 13.6. The van der Waals surface area contributed by atoms with Gasteiger partial charge in [0, 0.05) is 17.4 Å². The minimum absolute atomic E-state index is 0.583. The third-order valence-corrected chi connectivity index (χ3v) is 4.76. The van der Waals surface area contributed by atoms with Crippen LogP contribution in [-0.2, 0) is 6.42 Å². The molecule has 0 fully saturated rings. The van der Waals surface area contributed by atoms with Gasteiger partial charge in [-0.3, -0.25) is 4.40 Å². The average Bonchev–Trinajstić information content (AvgIpc) is 3.26. The van der Waals surface area contributed by atoms with E-state index in [9.17, 15) is 0 Å². The van der Waals surface area contributed by atoms with E-state index >= 15 is 0 Å². The van der Waals surface area contributed by atoms with Crippen molar-refractivity contribution < 1.29 is 4.42 Å². The van der Waals surface area contributed by atoms with E-state index in [4.69, 9.17) is 15.1 Å². The Balaban J connectivity index is 1.95. The number of hydrogen-bond donors (Lipinski definition) is 1. The molecule has 1 aromatic carbocycles. The summed E-state index contributed by atoms with van der Waals surface area (Å²) in [4.78, 5) is 5.81. The molecule has 0 aliphatic rings. The Bertz CT molecular complexity index is 933. The van der Waals surface area contributed by atoms with Crippen molar-refractivity contribution in [2.45, 2.75) is 13.3 Å². The molecule has 4 nitrogen and oxygen atoms in total. The molecule has 0 spiro atoms. The highest BCUT2D eigenvalue weighted by Gasteiger charge is 2.19. The highest BCUT2D eigenvalue weighted by Crippen LogP contribution is 2.33. The van der Waals surface area contributed by atoms with Crippen molar-refractivity contribution in [3.05, 3.63) is 59.3 Å². The maximum atomic E-state index is 5.86. The van der Waals surface area contributed by atoms with Gasteiger partial charge in [0.15, 0.2) is 10.7 Å². The van der Waals surface area contributed by atoms with Crippen LogP contribution in [0.3, 0.4) is 0 Å². The van der Waals surface area contributed by atoms with Crippen LogP contribution in [0.25, 0.3) is 27.7 Å². The van der Waals surface area contributed by atoms with Crippen LogP contribution < -0.4 is 5.73 Å². The van der Waals surface area contributed by atoms with E-state index in [2.05, 4.69) is 41.0 Å². The highest BCUT2D eigenvalue weighted by atomic mass is 32.1.